The molecule has 4 heterocycles. The first kappa shape index (κ1) is 20.9. The fraction of sp³-hybridized carbons (Fsp3) is 0.0833. The number of nitrogens with zero attached hydrogens (tertiary/aromatic N) is 4. The standard InChI is InChI=1S/C24H22FN7/c1-3-19(24-18(26)6-7-20(32-24)23-17(25)5-4-9-29-23)31-21-13-28-10-8-16(21)15-11-14(2)30-22(27)12-15/h3-13,31H,26H2,1-2H3,(H2,27,30). The van der Waals surface area contributed by atoms with E-state index in [1.807, 2.05) is 32.1 Å². The molecule has 0 saturated heterocycles. The Balaban J connectivity index is 1.75. The fourth-order valence-electron chi connectivity index (χ4n) is 3.40. The van der Waals surface area contributed by atoms with Gasteiger partial charge in [0.15, 0.2) is 5.82 Å². The number of pyridine rings is 4. The largest absolute Gasteiger partial charge is 0.397 e. The Bertz CT molecular complexity index is 1300. The van der Waals surface area contributed by atoms with E-state index in [0.717, 1.165) is 22.5 Å². The van der Waals surface area contributed by atoms with Crippen molar-refractivity contribution in [3.05, 3.63) is 84.3 Å². The topological polar surface area (TPSA) is 116 Å². The Hall–Kier alpha value is -4.33. The molecule has 0 spiro atoms. The van der Waals surface area contributed by atoms with Gasteiger partial charge in [0.05, 0.1) is 29.0 Å². The van der Waals surface area contributed by atoms with Crippen molar-refractivity contribution in [3.8, 4) is 22.5 Å². The van der Waals surface area contributed by atoms with Crippen molar-refractivity contribution < 1.29 is 4.39 Å². The quantitative estimate of drug-likeness (QED) is 0.423. The maximum atomic E-state index is 14.3. The van der Waals surface area contributed by atoms with E-state index in [-0.39, 0.29) is 5.69 Å². The highest BCUT2D eigenvalue weighted by molar-refractivity contribution is 5.88. The number of anilines is 3. The van der Waals surface area contributed by atoms with Gasteiger partial charge in [-0.25, -0.2) is 14.4 Å². The highest BCUT2D eigenvalue weighted by atomic mass is 19.1. The van der Waals surface area contributed by atoms with Gasteiger partial charge in [0.2, 0.25) is 0 Å². The predicted octanol–water partition coefficient (Wildman–Crippen LogP) is 4.69. The van der Waals surface area contributed by atoms with E-state index in [1.165, 1.54) is 18.3 Å². The zero-order valence-corrected chi connectivity index (χ0v) is 17.7. The summed E-state index contributed by atoms with van der Waals surface area (Å²) in [7, 11) is 0. The summed E-state index contributed by atoms with van der Waals surface area (Å²) in [6.07, 6.45) is 6.79. The molecule has 4 aromatic heterocycles. The van der Waals surface area contributed by atoms with Crippen LogP contribution in [0.2, 0.25) is 0 Å². The number of rotatable bonds is 5. The molecular weight excluding hydrogens is 405 g/mol. The molecule has 0 bridgehead atoms. The molecule has 0 aromatic carbocycles. The summed E-state index contributed by atoms with van der Waals surface area (Å²) in [6.45, 7) is 3.75. The van der Waals surface area contributed by atoms with Crippen molar-refractivity contribution in [3.63, 3.8) is 0 Å². The lowest BCUT2D eigenvalue weighted by atomic mass is 10.0. The van der Waals surface area contributed by atoms with Crippen LogP contribution < -0.4 is 16.8 Å². The second-order valence-electron chi connectivity index (χ2n) is 7.14. The zero-order valence-electron chi connectivity index (χ0n) is 17.7. The number of halogens is 1. The summed E-state index contributed by atoms with van der Waals surface area (Å²) in [6, 6.07) is 11.9. The molecule has 0 fully saturated rings. The molecule has 160 valence electrons. The van der Waals surface area contributed by atoms with Gasteiger partial charge < -0.3 is 16.8 Å². The zero-order chi connectivity index (χ0) is 22.7. The van der Waals surface area contributed by atoms with Crippen LogP contribution in [0.5, 0.6) is 0 Å². The second kappa shape index (κ2) is 8.81. The third kappa shape index (κ3) is 4.24. The number of nitrogens with two attached hydrogens (primary N) is 2. The maximum absolute atomic E-state index is 14.3. The average Bonchev–Trinajstić information content (AvgIpc) is 2.78. The third-order valence-electron chi connectivity index (χ3n) is 4.85. The number of hydrogen-bond acceptors (Lipinski definition) is 7. The molecule has 32 heavy (non-hydrogen) atoms. The monoisotopic (exact) mass is 427 g/mol. The van der Waals surface area contributed by atoms with Gasteiger partial charge in [0.1, 0.15) is 17.2 Å². The van der Waals surface area contributed by atoms with Crippen LogP contribution in [-0.2, 0) is 0 Å². The summed E-state index contributed by atoms with van der Waals surface area (Å²) < 4.78 is 14.3. The Morgan fingerprint density at radius 1 is 1.06 bits per heavy atom. The number of aromatic nitrogens is 4. The van der Waals surface area contributed by atoms with Gasteiger partial charge in [-0.1, -0.05) is 6.08 Å². The van der Waals surface area contributed by atoms with Gasteiger partial charge in [-0.2, -0.15) is 0 Å². The predicted molar refractivity (Wildman–Crippen MR) is 126 cm³/mol. The van der Waals surface area contributed by atoms with E-state index in [0.29, 0.717) is 28.6 Å². The van der Waals surface area contributed by atoms with Gasteiger partial charge in [-0.3, -0.25) is 9.97 Å². The summed E-state index contributed by atoms with van der Waals surface area (Å²) in [5.41, 5.74) is 17.6. The maximum Gasteiger partial charge on any atom is 0.151 e. The van der Waals surface area contributed by atoms with Crippen molar-refractivity contribution in [2.24, 2.45) is 0 Å². The number of allylic oxidation sites excluding steroid dienone is 1. The van der Waals surface area contributed by atoms with Crippen molar-refractivity contribution >= 4 is 22.9 Å². The molecule has 7 nitrogen and oxygen atoms in total. The molecule has 0 amide bonds. The van der Waals surface area contributed by atoms with Gasteiger partial charge in [0.25, 0.3) is 0 Å². The minimum atomic E-state index is -0.453. The molecule has 0 saturated carbocycles. The van der Waals surface area contributed by atoms with Crippen molar-refractivity contribution in [1.29, 1.82) is 0 Å². The number of hydrogen-bond donors (Lipinski definition) is 3. The van der Waals surface area contributed by atoms with Crippen molar-refractivity contribution in [1.82, 2.24) is 19.9 Å². The lowest BCUT2D eigenvalue weighted by Gasteiger charge is -2.16. The molecule has 0 unspecified atom stereocenters. The fourth-order valence-corrected chi connectivity index (χ4v) is 3.40. The molecule has 5 N–H and O–H groups in total. The van der Waals surface area contributed by atoms with E-state index in [9.17, 15) is 4.39 Å². The van der Waals surface area contributed by atoms with Gasteiger partial charge in [-0.05, 0) is 61.9 Å². The normalized spacial score (nSPS) is 11.4. The highest BCUT2D eigenvalue weighted by Gasteiger charge is 2.15. The van der Waals surface area contributed by atoms with Gasteiger partial charge in [0, 0.05) is 23.7 Å². The second-order valence-corrected chi connectivity index (χ2v) is 7.14. The van der Waals surface area contributed by atoms with Crippen LogP contribution >= 0.6 is 0 Å². The van der Waals surface area contributed by atoms with Crippen LogP contribution in [0.4, 0.5) is 21.6 Å². The average molecular weight is 427 g/mol. The first-order valence-electron chi connectivity index (χ1n) is 9.96. The Morgan fingerprint density at radius 2 is 1.91 bits per heavy atom. The van der Waals surface area contributed by atoms with E-state index < -0.39 is 5.82 Å². The van der Waals surface area contributed by atoms with Crippen LogP contribution in [0, 0.1) is 12.7 Å². The molecule has 0 aliphatic rings. The van der Waals surface area contributed by atoms with Crippen LogP contribution in [0.1, 0.15) is 18.3 Å². The smallest absolute Gasteiger partial charge is 0.151 e. The van der Waals surface area contributed by atoms with Gasteiger partial charge >= 0.3 is 0 Å². The lowest BCUT2D eigenvalue weighted by Crippen LogP contribution is -2.07. The minimum absolute atomic E-state index is 0.161. The molecular formula is C24H22FN7. The molecule has 0 aliphatic carbocycles. The number of nitrogen functional groups attached to an aromatic ring is 2. The lowest BCUT2D eigenvalue weighted by molar-refractivity contribution is 0.625. The minimum Gasteiger partial charge on any atom is -0.397 e. The number of aryl methyl sites for hydroxylation is 1. The van der Waals surface area contributed by atoms with Gasteiger partial charge in [-0.15, -0.1) is 0 Å². The highest BCUT2D eigenvalue weighted by Crippen LogP contribution is 2.32. The summed E-state index contributed by atoms with van der Waals surface area (Å²) >= 11 is 0. The molecule has 4 rings (SSSR count). The van der Waals surface area contributed by atoms with Crippen molar-refractivity contribution in [2.45, 2.75) is 13.8 Å². The van der Waals surface area contributed by atoms with Crippen LogP contribution in [-0.4, -0.2) is 19.9 Å². The van der Waals surface area contributed by atoms with E-state index in [2.05, 4.69) is 25.3 Å². The summed E-state index contributed by atoms with van der Waals surface area (Å²) in [4.78, 5) is 17.2. The molecule has 8 heteroatoms. The van der Waals surface area contributed by atoms with Crippen LogP contribution in [0.15, 0.2) is 67.1 Å². The Labute approximate surface area is 185 Å². The first-order chi connectivity index (χ1) is 15.5. The SMILES string of the molecule is CC=C(Nc1cnccc1-c1cc(C)nc(N)c1)c1nc(-c2ncccc2F)ccc1N. The Morgan fingerprint density at radius 3 is 2.66 bits per heavy atom. The third-order valence-corrected chi connectivity index (χ3v) is 4.85. The van der Waals surface area contributed by atoms with Crippen LogP contribution in [0.3, 0.4) is 0 Å². The van der Waals surface area contributed by atoms with Crippen molar-refractivity contribution in [2.75, 3.05) is 16.8 Å². The first-order valence-corrected chi connectivity index (χ1v) is 9.96. The molecule has 0 atom stereocenters. The van der Waals surface area contributed by atoms with Crippen LogP contribution in [0.25, 0.3) is 28.2 Å². The Kier molecular flexibility index (Phi) is 5.76. The van der Waals surface area contributed by atoms with E-state index in [1.54, 1.807) is 30.6 Å². The molecule has 0 aliphatic heterocycles. The molecule has 4 aromatic rings. The molecule has 0 radical (unpaired) electrons. The number of nitrogens with one attached hydrogen (secondary N) is 1. The van der Waals surface area contributed by atoms with E-state index in [4.69, 9.17) is 11.5 Å². The summed E-state index contributed by atoms with van der Waals surface area (Å²) in [5.74, 6) is -0.0177. The van der Waals surface area contributed by atoms with E-state index >= 15 is 0 Å². The summed E-state index contributed by atoms with van der Waals surface area (Å²) in [5, 5.41) is 3.37.